The van der Waals surface area contributed by atoms with Gasteiger partial charge in [0, 0.05) is 18.7 Å². The summed E-state index contributed by atoms with van der Waals surface area (Å²) in [5.41, 5.74) is 1.50. The highest BCUT2D eigenvalue weighted by Gasteiger charge is 2.11. The van der Waals surface area contributed by atoms with Crippen molar-refractivity contribution in [1.82, 2.24) is 10.6 Å². The Morgan fingerprint density at radius 2 is 2.07 bits per heavy atom. The van der Waals surface area contributed by atoms with Gasteiger partial charge in [0.2, 0.25) is 0 Å². The van der Waals surface area contributed by atoms with Crippen molar-refractivity contribution in [3.05, 3.63) is 69.5 Å². The van der Waals surface area contributed by atoms with Crippen LogP contribution in [0.15, 0.2) is 47.5 Å². The zero-order valence-electron chi connectivity index (χ0n) is 15.9. The van der Waals surface area contributed by atoms with Crippen LogP contribution in [0.4, 0.5) is 10.1 Å². The van der Waals surface area contributed by atoms with Gasteiger partial charge in [-0.1, -0.05) is 18.2 Å². The van der Waals surface area contributed by atoms with Crippen molar-refractivity contribution < 1.29 is 14.1 Å². The summed E-state index contributed by atoms with van der Waals surface area (Å²) in [6, 6.07) is 10.9. The molecule has 0 saturated heterocycles. The number of hydrogen-bond donors (Lipinski definition) is 2. The standard InChI is InChI=1S/C19H23FN4O3.HI/c1-4-21-19(22-12-14-6-5-7-16(10-14)24(25)26)23-13(2)15-8-9-18(27-3)17(20)11-15;/h5-11,13H,4,12H2,1-3H3,(H2,21,22,23);1H. The first-order valence-electron chi connectivity index (χ1n) is 8.56. The number of guanidine groups is 1. The molecule has 0 saturated carbocycles. The minimum absolute atomic E-state index is 0. The first kappa shape index (κ1) is 23.6. The maximum Gasteiger partial charge on any atom is 0.269 e. The molecule has 2 N–H and O–H groups in total. The number of ether oxygens (including phenoxy) is 1. The molecule has 9 heteroatoms. The van der Waals surface area contributed by atoms with Gasteiger partial charge in [-0.25, -0.2) is 9.38 Å². The first-order chi connectivity index (χ1) is 12.9. The monoisotopic (exact) mass is 502 g/mol. The second kappa shape index (κ2) is 11.4. The number of aliphatic imine (C=N–C) groups is 1. The third kappa shape index (κ3) is 6.63. The van der Waals surface area contributed by atoms with Crippen LogP contribution in [0, 0.1) is 15.9 Å². The van der Waals surface area contributed by atoms with Gasteiger partial charge in [0.15, 0.2) is 17.5 Å². The minimum atomic E-state index is -0.434. The van der Waals surface area contributed by atoms with Crippen LogP contribution in [-0.4, -0.2) is 24.5 Å². The van der Waals surface area contributed by atoms with Gasteiger partial charge >= 0.3 is 0 Å². The Morgan fingerprint density at radius 1 is 1.32 bits per heavy atom. The number of nitro groups is 1. The van der Waals surface area contributed by atoms with Crippen molar-refractivity contribution >= 4 is 35.6 Å². The Labute approximate surface area is 180 Å². The van der Waals surface area contributed by atoms with Crippen molar-refractivity contribution in [3.63, 3.8) is 0 Å². The van der Waals surface area contributed by atoms with E-state index in [9.17, 15) is 14.5 Å². The molecule has 2 aromatic carbocycles. The summed E-state index contributed by atoms with van der Waals surface area (Å²) in [5.74, 6) is 0.298. The molecule has 0 aliphatic carbocycles. The normalized spacial score (nSPS) is 11.9. The van der Waals surface area contributed by atoms with E-state index in [1.54, 1.807) is 24.3 Å². The molecule has 7 nitrogen and oxygen atoms in total. The highest BCUT2D eigenvalue weighted by molar-refractivity contribution is 14.0. The van der Waals surface area contributed by atoms with Gasteiger partial charge in [0.25, 0.3) is 5.69 Å². The molecular formula is C19H24FIN4O3. The maximum absolute atomic E-state index is 13.9. The van der Waals surface area contributed by atoms with Gasteiger partial charge in [-0.05, 0) is 37.1 Å². The van der Waals surface area contributed by atoms with Gasteiger partial charge in [-0.15, -0.1) is 24.0 Å². The molecule has 0 spiro atoms. The smallest absolute Gasteiger partial charge is 0.269 e. The van der Waals surface area contributed by atoms with E-state index in [1.165, 1.54) is 25.3 Å². The van der Waals surface area contributed by atoms with Crippen LogP contribution < -0.4 is 15.4 Å². The molecule has 0 amide bonds. The molecule has 0 aromatic heterocycles. The third-order valence-corrected chi connectivity index (χ3v) is 3.91. The summed E-state index contributed by atoms with van der Waals surface area (Å²) in [7, 11) is 1.42. The molecule has 0 fully saturated rings. The molecule has 0 aliphatic heterocycles. The van der Waals surface area contributed by atoms with Crippen LogP contribution in [-0.2, 0) is 6.54 Å². The van der Waals surface area contributed by atoms with E-state index in [0.29, 0.717) is 12.5 Å². The Balaban J connectivity index is 0.00000392. The van der Waals surface area contributed by atoms with Crippen LogP contribution in [0.25, 0.3) is 0 Å². The SMILES string of the molecule is CCNC(=NCc1cccc([N+](=O)[O-])c1)NC(C)c1ccc(OC)c(F)c1.I. The number of non-ortho nitro benzene ring substituents is 1. The lowest BCUT2D eigenvalue weighted by Gasteiger charge is -2.18. The zero-order chi connectivity index (χ0) is 19.8. The third-order valence-electron chi connectivity index (χ3n) is 3.91. The lowest BCUT2D eigenvalue weighted by Crippen LogP contribution is -2.38. The average molecular weight is 502 g/mol. The second-order valence-corrected chi connectivity index (χ2v) is 5.88. The topological polar surface area (TPSA) is 88.8 Å². The number of hydrogen-bond acceptors (Lipinski definition) is 4. The maximum atomic E-state index is 13.9. The summed E-state index contributed by atoms with van der Waals surface area (Å²) in [6.07, 6.45) is 0. The molecule has 1 unspecified atom stereocenters. The lowest BCUT2D eigenvalue weighted by molar-refractivity contribution is -0.384. The summed E-state index contributed by atoms with van der Waals surface area (Å²) in [5, 5.41) is 17.2. The number of benzene rings is 2. The minimum Gasteiger partial charge on any atom is -0.494 e. The van der Waals surface area contributed by atoms with Crippen molar-refractivity contribution in [3.8, 4) is 5.75 Å². The Bertz CT molecular complexity index is 833. The number of halogens is 2. The van der Waals surface area contributed by atoms with Crippen LogP contribution in [0.1, 0.15) is 31.0 Å². The van der Waals surface area contributed by atoms with Crippen LogP contribution >= 0.6 is 24.0 Å². The second-order valence-electron chi connectivity index (χ2n) is 5.88. The van der Waals surface area contributed by atoms with Crippen molar-refractivity contribution in [2.45, 2.75) is 26.4 Å². The summed E-state index contributed by atoms with van der Waals surface area (Å²) >= 11 is 0. The Kier molecular flexibility index (Phi) is 9.63. The largest absolute Gasteiger partial charge is 0.494 e. The van der Waals surface area contributed by atoms with E-state index in [-0.39, 0.29) is 48.0 Å². The molecule has 0 heterocycles. The predicted octanol–water partition coefficient (Wildman–Crippen LogP) is 4.18. The quantitative estimate of drug-likeness (QED) is 0.195. The van der Waals surface area contributed by atoms with E-state index in [0.717, 1.165) is 11.1 Å². The van der Waals surface area contributed by atoms with Gasteiger partial charge in [0.05, 0.1) is 24.6 Å². The van der Waals surface area contributed by atoms with Crippen LogP contribution in [0.2, 0.25) is 0 Å². The van der Waals surface area contributed by atoms with Crippen LogP contribution in [0.5, 0.6) is 5.75 Å². The zero-order valence-corrected chi connectivity index (χ0v) is 18.3. The van der Waals surface area contributed by atoms with Crippen molar-refractivity contribution in [2.75, 3.05) is 13.7 Å². The lowest BCUT2D eigenvalue weighted by atomic mass is 10.1. The van der Waals surface area contributed by atoms with Gasteiger partial charge < -0.3 is 15.4 Å². The molecule has 1 atom stereocenters. The Morgan fingerprint density at radius 3 is 2.68 bits per heavy atom. The fraction of sp³-hybridized carbons (Fsp3) is 0.316. The number of nitrogens with one attached hydrogen (secondary N) is 2. The summed E-state index contributed by atoms with van der Waals surface area (Å²) < 4.78 is 18.8. The fourth-order valence-corrected chi connectivity index (χ4v) is 2.50. The van der Waals surface area contributed by atoms with Gasteiger partial charge in [-0.3, -0.25) is 10.1 Å². The average Bonchev–Trinajstić information content (AvgIpc) is 2.66. The molecule has 2 rings (SSSR count). The Hall–Kier alpha value is -2.43. The fourth-order valence-electron chi connectivity index (χ4n) is 2.50. The van der Waals surface area contributed by atoms with E-state index in [2.05, 4.69) is 15.6 Å². The molecule has 152 valence electrons. The molecule has 0 radical (unpaired) electrons. The number of methoxy groups -OCH3 is 1. The molecule has 28 heavy (non-hydrogen) atoms. The van der Waals surface area contributed by atoms with E-state index in [4.69, 9.17) is 4.74 Å². The summed E-state index contributed by atoms with van der Waals surface area (Å²) in [4.78, 5) is 14.9. The van der Waals surface area contributed by atoms with Crippen molar-refractivity contribution in [1.29, 1.82) is 0 Å². The molecule has 0 aliphatic rings. The first-order valence-corrected chi connectivity index (χ1v) is 8.56. The predicted molar refractivity (Wildman–Crippen MR) is 118 cm³/mol. The van der Waals surface area contributed by atoms with E-state index < -0.39 is 10.7 Å². The molecule has 2 aromatic rings. The highest BCUT2D eigenvalue weighted by Crippen LogP contribution is 2.21. The number of nitrogens with zero attached hydrogens (tertiary/aromatic N) is 2. The number of nitro benzene ring substituents is 1. The van der Waals surface area contributed by atoms with Crippen molar-refractivity contribution in [2.24, 2.45) is 4.99 Å². The summed E-state index contributed by atoms with van der Waals surface area (Å²) in [6.45, 7) is 4.74. The van der Waals surface area contributed by atoms with Gasteiger partial charge in [0.1, 0.15) is 0 Å². The van der Waals surface area contributed by atoms with E-state index in [1.807, 2.05) is 13.8 Å². The van der Waals surface area contributed by atoms with Gasteiger partial charge in [-0.2, -0.15) is 0 Å². The molecular weight excluding hydrogens is 478 g/mol. The number of rotatable bonds is 7. The van der Waals surface area contributed by atoms with E-state index >= 15 is 0 Å². The molecule has 0 bridgehead atoms. The highest BCUT2D eigenvalue weighted by atomic mass is 127. The van der Waals surface area contributed by atoms with Crippen LogP contribution in [0.3, 0.4) is 0 Å².